The third-order valence-corrected chi connectivity index (χ3v) is 4.43. The maximum Gasteiger partial charge on any atom is 0.240 e. The number of hydrogen-bond donors (Lipinski definition) is 1. The molecule has 4 nitrogen and oxygen atoms in total. The Morgan fingerprint density at radius 1 is 1.00 bits per heavy atom. The number of pyridine rings is 1. The summed E-state index contributed by atoms with van der Waals surface area (Å²) in [7, 11) is 0. The lowest BCUT2D eigenvalue weighted by Crippen LogP contribution is -2.27. The zero-order chi connectivity index (χ0) is 18.6. The summed E-state index contributed by atoms with van der Waals surface area (Å²) in [6, 6.07) is 22.0. The van der Waals surface area contributed by atoms with E-state index in [4.69, 9.17) is 0 Å². The van der Waals surface area contributed by atoms with Crippen molar-refractivity contribution in [1.82, 2.24) is 14.9 Å². The van der Waals surface area contributed by atoms with Gasteiger partial charge in [-0.05, 0) is 42.0 Å². The molecule has 0 atom stereocenters. The molecule has 0 spiro atoms. The normalized spacial score (nSPS) is 10.9. The first-order chi connectivity index (χ1) is 13.2. The van der Waals surface area contributed by atoms with Gasteiger partial charge in [-0.15, -0.1) is 0 Å². The van der Waals surface area contributed by atoms with E-state index in [1.54, 1.807) is 12.3 Å². The molecule has 1 amide bonds. The molecule has 0 bridgehead atoms. The van der Waals surface area contributed by atoms with Gasteiger partial charge >= 0.3 is 0 Å². The maximum atomic E-state index is 13.8. The Hall–Kier alpha value is -3.47. The van der Waals surface area contributed by atoms with Crippen LogP contribution in [0.15, 0.2) is 79.0 Å². The molecule has 0 radical (unpaired) electrons. The molecule has 0 saturated carbocycles. The Morgan fingerprint density at radius 2 is 1.81 bits per heavy atom. The molecule has 2 aromatic carbocycles. The number of rotatable bonds is 5. The second-order valence-electron chi connectivity index (χ2n) is 6.28. The second kappa shape index (κ2) is 7.41. The topological polar surface area (TPSA) is 46.9 Å². The van der Waals surface area contributed by atoms with Gasteiger partial charge in [-0.1, -0.05) is 36.4 Å². The predicted octanol–water partition coefficient (Wildman–Crippen LogP) is 4.16. The molecular weight excluding hydrogens is 341 g/mol. The van der Waals surface area contributed by atoms with Crippen molar-refractivity contribution in [3.63, 3.8) is 0 Å². The predicted molar refractivity (Wildman–Crippen MR) is 103 cm³/mol. The molecule has 1 N–H and O–H groups in total. The van der Waals surface area contributed by atoms with Gasteiger partial charge < -0.3 is 9.88 Å². The smallest absolute Gasteiger partial charge is 0.240 e. The van der Waals surface area contributed by atoms with Crippen molar-refractivity contribution in [2.45, 2.75) is 13.1 Å². The molecule has 0 aliphatic heterocycles. The molecule has 0 unspecified atom stereocenters. The summed E-state index contributed by atoms with van der Waals surface area (Å²) in [5, 5.41) is 3.78. The van der Waals surface area contributed by atoms with Crippen molar-refractivity contribution in [2.75, 3.05) is 0 Å². The molecule has 0 aliphatic carbocycles. The largest absolute Gasteiger partial charge is 0.349 e. The van der Waals surface area contributed by atoms with E-state index in [0.717, 1.165) is 22.3 Å². The van der Waals surface area contributed by atoms with Crippen LogP contribution >= 0.6 is 0 Å². The number of halogens is 1. The van der Waals surface area contributed by atoms with Crippen LogP contribution in [-0.4, -0.2) is 15.5 Å². The highest BCUT2D eigenvalue weighted by Gasteiger charge is 2.14. The molecule has 5 heteroatoms. The van der Waals surface area contributed by atoms with Gasteiger partial charge in [0, 0.05) is 17.3 Å². The van der Waals surface area contributed by atoms with E-state index in [-0.39, 0.29) is 18.3 Å². The summed E-state index contributed by atoms with van der Waals surface area (Å²) in [6.45, 7) is 0.456. The molecule has 4 aromatic rings. The first-order valence-electron chi connectivity index (χ1n) is 8.71. The van der Waals surface area contributed by atoms with Gasteiger partial charge in [0.25, 0.3) is 0 Å². The minimum atomic E-state index is -0.324. The molecule has 0 aliphatic rings. The maximum absolute atomic E-state index is 13.8. The minimum Gasteiger partial charge on any atom is -0.349 e. The highest BCUT2D eigenvalue weighted by atomic mass is 19.1. The Morgan fingerprint density at radius 3 is 2.59 bits per heavy atom. The van der Waals surface area contributed by atoms with E-state index >= 15 is 0 Å². The van der Waals surface area contributed by atoms with Crippen LogP contribution in [0.2, 0.25) is 0 Å². The SMILES string of the molecule is O=C(Cn1c(-c2ccccc2)cc2ccc(F)cc21)NCc1ccccn1. The number of carbonyl (C=O) groups is 1. The summed E-state index contributed by atoms with van der Waals surface area (Å²) in [4.78, 5) is 16.7. The van der Waals surface area contributed by atoms with Crippen molar-refractivity contribution in [3.05, 3.63) is 90.5 Å². The molecule has 0 fully saturated rings. The van der Waals surface area contributed by atoms with Crippen LogP contribution in [0.25, 0.3) is 22.2 Å². The number of nitrogens with zero attached hydrogens (tertiary/aromatic N) is 2. The standard InChI is InChI=1S/C22H18FN3O/c23-18-10-9-17-12-20(16-6-2-1-3-7-16)26(21(17)13-18)15-22(27)25-14-19-8-4-5-11-24-19/h1-13H,14-15H2,(H,25,27). The van der Waals surface area contributed by atoms with Crippen LogP contribution < -0.4 is 5.32 Å². The number of aromatic nitrogens is 2. The average molecular weight is 359 g/mol. The Labute approximate surface area is 156 Å². The summed E-state index contributed by atoms with van der Waals surface area (Å²) in [5.41, 5.74) is 3.34. The first-order valence-corrected chi connectivity index (χ1v) is 8.71. The number of amides is 1. The highest BCUT2D eigenvalue weighted by molar-refractivity contribution is 5.89. The number of carbonyl (C=O) groups excluding carboxylic acids is 1. The van der Waals surface area contributed by atoms with E-state index in [0.29, 0.717) is 12.1 Å². The zero-order valence-electron chi connectivity index (χ0n) is 14.6. The summed E-state index contributed by atoms with van der Waals surface area (Å²) >= 11 is 0. The Bertz CT molecular complexity index is 1070. The average Bonchev–Trinajstić information content (AvgIpc) is 3.05. The van der Waals surface area contributed by atoms with Gasteiger partial charge in [-0.25, -0.2) is 4.39 Å². The Balaban J connectivity index is 1.65. The van der Waals surface area contributed by atoms with Crippen LogP contribution in [0.3, 0.4) is 0 Å². The lowest BCUT2D eigenvalue weighted by Gasteiger charge is -2.11. The van der Waals surface area contributed by atoms with E-state index in [1.807, 2.05) is 59.2 Å². The van der Waals surface area contributed by atoms with Crippen LogP contribution in [0.4, 0.5) is 4.39 Å². The fourth-order valence-electron chi connectivity index (χ4n) is 3.14. The van der Waals surface area contributed by atoms with Crippen molar-refractivity contribution >= 4 is 16.8 Å². The van der Waals surface area contributed by atoms with Crippen molar-refractivity contribution in [2.24, 2.45) is 0 Å². The van der Waals surface area contributed by atoms with Crippen LogP contribution in [0.1, 0.15) is 5.69 Å². The zero-order valence-corrected chi connectivity index (χ0v) is 14.6. The van der Waals surface area contributed by atoms with Crippen LogP contribution in [-0.2, 0) is 17.9 Å². The fourth-order valence-corrected chi connectivity index (χ4v) is 3.14. The lowest BCUT2D eigenvalue weighted by molar-refractivity contribution is -0.121. The van der Waals surface area contributed by atoms with E-state index in [1.165, 1.54) is 12.1 Å². The summed E-state index contributed by atoms with van der Waals surface area (Å²) < 4.78 is 15.7. The van der Waals surface area contributed by atoms with Crippen molar-refractivity contribution < 1.29 is 9.18 Å². The molecule has 0 saturated heterocycles. The molecule has 134 valence electrons. The number of fused-ring (bicyclic) bond motifs is 1. The minimum absolute atomic E-state index is 0.101. The molecule has 2 heterocycles. The lowest BCUT2D eigenvalue weighted by atomic mass is 10.1. The summed E-state index contributed by atoms with van der Waals surface area (Å²) in [5.74, 6) is -0.477. The molecular formula is C22H18FN3O. The van der Waals surface area contributed by atoms with Gasteiger partial charge in [0.1, 0.15) is 12.4 Å². The monoisotopic (exact) mass is 359 g/mol. The third-order valence-electron chi connectivity index (χ3n) is 4.43. The second-order valence-corrected chi connectivity index (χ2v) is 6.28. The van der Waals surface area contributed by atoms with Crippen LogP contribution in [0.5, 0.6) is 0 Å². The van der Waals surface area contributed by atoms with Gasteiger partial charge in [0.05, 0.1) is 17.8 Å². The third kappa shape index (κ3) is 3.72. The van der Waals surface area contributed by atoms with E-state index in [9.17, 15) is 9.18 Å². The Kier molecular flexibility index (Phi) is 4.66. The quantitative estimate of drug-likeness (QED) is 0.582. The highest BCUT2D eigenvalue weighted by Crippen LogP contribution is 2.28. The number of hydrogen-bond acceptors (Lipinski definition) is 2. The molecule has 2 aromatic heterocycles. The molecule has 4 rings (SSSR count). The molecule has 27 heavy (non-hydrogen) atoms. The fraction of sp³-hybridized carbons (Fsp3) is 0.0909. The first kappa shape index (κ1) is 17.0. The van der Waals surface area contributed by atoms with Crippen LogP contribution in [0, 0.1) is 5.82 Å². The number of nitrogens with one attached hydrogen (secondary N) is 1. The summed E-state index contributed by atoms with van der Waals surface area (Å²) in [6.07, 6.45) is 1.69. The van der Waals surface area contributed by atoms with Gasteiger partial charge in [-0.2, -0.15) is 0 Å². The van der Waals surface area contributed by atoms with E-state index < -0.39 is 0 Å². The van der Waals surface area contributed by atoms with E-state index in [2.05, 4.69) is 10.3 Å². The number of benzene rings is 2. The van der Waals surface area contributed by atoms with Crippen molar-refractivity contribution in [3.8, 4) is 11.3 Å². The van der Waals surface area contributed by atoms with Gasteiger partial charge in [-0.3, -0.25) is 9.78 Å². The van der Waals surface area contributed by atoms with Gasteiger partial charge in [0.2, 0.25) is 5.91 Å². The van der Waals surface area contributed by atoms with Gasteiger partial charge in [0.15, 0.2) is 0 Å². The van der Waals surface area contributed by atoms with Crippen molar-refractivity contribution in [1.29, 1.82) is 0 Å².